The molecule has 0 amide bonds. The molecule has 0 bridgehead atoms. The van der Waals surface area contributed by atoms with E-state index in [9.17, 15) is 0 Å². The van der Waals surface area contributed by atoms with Crippen LogP contribution in [0.4, 0.5) is 0 Å². The predicted molar refractivity (Wildman–Crippen MR) is 43.0 cm³/mol. The molecule has 1 N–H and O–H groups in total. The summed E-state index contributed by atoms with van der Waals surface area (Å²) < 4.78 is 0. The first-order valence-electron chi connectivity index (χ1n) is 3.08. The van der Waals surface area contributed by atoms with Crippen LogP contribution in [0.15, 0.2) is 30.3 Å². The smallest absolute Gasteiger partial charge is 0.0471 e. The minimum absolute atomic E-state index is 0. The van der Waals surface area contributed by atoms with Gasteiger partial charge in [-0.25, -0.2) is 0 Å². The molecule has 1 nitrogen and oxygen atoms in total. The monoisotopic (exact) mass is 145 g/mol. The van der Waals surface area contributed by atoms with E-state index in [4.69, 9.17) is 5.11 Å². The average Bonchev–Trinajstić information content (AvgIpc) is 1.91. The zero-order chi connectivity index (χ0) is 6.53. The van der Waals surface area contributed by atoms with Gasteiger partial charge in [0.1, 0.15) is 0 Å². The molecule has 1 aromatic rings. The molecule has 1 aromatic carbocycles. The zero-order valence-corrected chi connectivity index (χ0v) is 8.25. The van der Waals surface area contributed by atoms with Crippen LogP contribution in [0.2, 0.25) is 0 Å². The van der Waals surface area contributed by atoms with Crippen molar-refractivity contribution in [1.29, 1.82) is 0 Å². The molecule has 0 fully saturated rings. The maximum atomic E-state index is 8.52. The van der Waals surface area contributed by atoms with E-state index in [2.05, 4.69) is 0 Å². The normalized spacial score (nSPS) is 8.50. The Labute approximate surface area is 83.4 Å². The van der Waals surface area contributed by atoms with Crippen molar-refractivity contribution in [2.24, 2.45) is 0 Å². The summed E-state index contributed by atoms with van der Waals surface area (Å²) >= 11 is 0. The van der Waals surface area contributed by atoms with Gasteiger partial charge in [-0.05, 0) is 12.0 Å². The molecule has 0 aromatic heterocycles. The summed E-state index contributed by atoms with van der Waals surface area (Å²) in [5, 5.41) is 8.52. The summed E-state index contributed by atoms with van der Waals surface area (Å²) in [7, 11) is 0. The van der Waals surface area contributed by atoms with Crippen molar-refractivity contribution >= 4 is 29.6 Å². The van der Waals surface area contributed by atoms with Gasteiger partial charge in [0.15, 0.2) is 0 Å². The number of hydrogen-bond acceptors (Lipinski definition) is 1. The van der Waals surface area contributed by atoms with Gasteiger partial charge in [-0.2, -0.15) is 0 Å². The molecule has 0 heterocycles. The van der Waals surface area contributed by atoms with Crippen LogP contribution >= 0.6 is 0 Å². The first kappa shape index (κ1) is 10.2. The van der Waals surface area contributed by atoms with E-state index in [-0.39, 0.29) is 36.2 Å². The molecule has 49 valence electrons. The summed E-state index contributed by atoms with van der Waals surface area (Å²) in [5.74, 6) is 0. The molecule has 2 heteroatoms. The average molecular weight is 145 g/mol. The maximum absolute atomic E-state index is 8.52. The van der Waals surface area contributed by atoms with E-state index in [1.165, 1.54) is 5.56 Å². The van der Waals surface area contributed by atoms with Gasteiger partial charge in [-0.15, -0.1) is 0 Å². The summed E-state index contributed by atoms with van der Waals surface area (Å²) in [6, 6.07) is 9.95. The molecule has 0 spiro atoms. The van der Waals surface area contributed by atoms with Crippen LogP contribution in [0.1, 0.15) is 5.56 Å². The molecule has 0 unspecified atom stereocenters. The third-order valence-corrected chi connectivity index (χ3v) is 1.24. The second-order valence-corrected chi connectivity index (χ2v) is 1.96. The molecule has 1 radical (unpaired) electrons. The molecule has 10 heavy (non-hydrogen) atoms. The number of benzene rings is 1. The fourth-order valence-corrected chi connectivity index (χ4v) is 0.774. The van der Waals surface area contributed by atoms with E-state index in [0.717, 1.165) is 6.42 Å². The maximum Gasteiger partial charge on any atom is 0.0471 e. The molecular formula is C8H10NaO. The molecule has 0 saturated heterocycles. The zero-order valence-electron chi connectivity index (χ0n) is 6.25. The molecule has 0 atom stereocenters. The summed E-state index contributed by atoms with van der Waals surface area (Å²) in [4.78, 5) is 0. The van der Waals surface area contributed by atoms with E-state index in [1.807, 2.05) is 30.3 Å². The van der Waals surface area contributed by atoms with Gasteiger partial charge in [0, 0.05) is 36.2 Å². The quantitative estimate of drug-likeness (QED) is 0.611. The van der Waals surface area contributed by atoms with E-state index in [1.54, 1.807) is 0 Å². The molecule has 1 rings (SSSR count). The number of aliphatic hydroxyl groups is 1. The Hall–Kier alpha value is 0.180. The SMILES string of the molecule is OCCc1ccccc1.[Na]. The largest absolute Gasteiger partial charge is 0.396 e. The van der Waals surface area contributed by atoms with Crippen molar-refractivity contribution in [1.82, 2.24) is 0 Å². The van der Waals surface area contributed by atoms with Gasteiger partial charge in [-0.1, -0.05) is 30.3 Å². The predicted octanol–water partition coefficient (Wildman–Crippen LogP) is 0.841. The minimum Gasteiger partial charge on any atom is -0.396 e. The van der Waals surface area contributed by atoms with Crippen molar-refractivity contribution in [3.63, 3.8) is 0 Å². The fraction of sp³-hybridized carbons (Fsp3) is 0.250. The Kier molecular flexibility index (Phi) is 6.03. The Morgan fingerprint density at radius 2 is 1.70 bits per heavy atom. The standard InChI is InChI=1S/C8H10O.Na/c9-7-6-8-4-2-1-3-5-8;/h1-5,9H,6-7H2;. The minimum atomic E-state index is 0. The second kappa shape index (κ2) is 5.93. The van der Waals surface area contributed by atoms with Gasteiger partial charge in [0.25, 0.3) is 0 Å². The van der Waals surface area contributed by atoms with Crippen molar-refractivity contribution in [3.05, 3.63) is 35.9 Å². The Balaban J connectivity index is 0.000000810. The summed E-state index contributed by atoms with van der Waals surface area (Å²) in [5.41, 5.74) is 1.19. The number of rotatable bonds is 2. The van der Waals surface area contributed by atoms with Crippen LogP contribution in [-0.4, -0.2) is 41.3 Å². The van der Waals surface area contributed by atoms with Crippen molar-refractivity contribution in [3.8, 4) is 0 Å². The van der Waals surface area contributed by atoms with Crippen LogP contribution in [-0.2, 0) is 6.42 Å². The van der Waals surface area contributed by atoms with Crippen molar-refractivity contribution in [2.75, 3.05) is 6.61 Å². The van der Waals surface area contributed by atoms with Gasteiger partial charge < -0.3 is 5.11 Å². The van der Waals surface area contributed by atoms with Crippen LogP contribution in [0.25, 0.3) is 0 Å². The molecule has 0 saturated carbocycles. The summed E-state index contributed by atoms with van der Waals surface area (Å²) in [6.45, 7) is 0.240. The van der Waals surface area contributed by atoms with E-state index >= 15 is 0 Å². The first-order valence-corrected chi connectivity index (χ1v) is 3.08. The van der Waals surface area contributed by atoms with Crippen molar-refractivity contribution in [2.45, 2.75) is 6.42 Å². The first-order chi connectivity index (χ1) is 4.43. The summed E-state index contributed by atoms with van der Waals surface area (Å²) in [6.07, 6.45) is 0.765. The van der Waals surface area contributed by atoms with Gasteiger partial charge in [0.05, 0.1) is 0 Å². The Bertz CT molecular complexity index is 162. The topological polar surface area (TPSA) is 20.2 Å². The van der Waals surface area contributed by atoms with Crippen LogP contribution in [0, 0.1) is 0 Å². The van der Waals surface area contributed by atoms with Crippen LogP contribution < -0.4 is 0 Å². The second-order valence-electron chi connectivity index (χ2n) is 1.96. The fourth-order valence-electron chi connectivity index (χ4n) is 0.774. The third-order valence-electron chi connectivity index (χ3n) is 1.24. The molecule has 0 aliphatic heterocycles. The van der Waals surface area contributed by atoms with Gasteiger partial charge >= 0.3 is 0 Å². The van der Waals surface area contributed by atoms with Crippen LogP contribution in [0.5, 0.6) is 0 Å². The van der Waals surface area contributed by atoms with E-state index in [0.29, 0.717) is 0 Å². The Morgan fingerprint density at radius 1 is 1.10 bits per heavy atom. The molecule has 0 aliphatic carbocycles. The van der Waals surface area contributed by atoms with Crippen LogP contribution in [0.3, 0.4) is 0 Å². The van der Waals surface area contributed by atoms with Gasteiger partial charge in [-0.3, -0.25) is 0 Å². The number of hydrogen-bond donors (Lipinski definition) is 1. The van der Waals surface area contributed by atoms with Crippen molar-refractivity contribution < 1.29 is 5.11 Å². The number of aliphatic hydroxyl groups excluding tert-OH is 1. The van der Waals surface area contributed by atoms with E-state index < -0.39 is 0 Å². The Morgan fingerprint density at radius 3 is 2.20 bits per heavy atom. The third kappa shape index (κ3) is 3.37. The molecular weight excluding hydrogens is 135 g/mol. The van der Waals surface area contributed by atoms with Gasteiger partial charge in [0.2, 0.25) is 0 Å². The molecule has 0 aliphatic rings.